The van der Waals surface area contributed by atoms with Gasteiger partial charge in [-0.15, -0.1) is 0 Å². The van der Waals surface area contributed by atoms with Gasteiger partial charge in [0.05, 0.1) is 25.0 Å². The summed E-state index contributed by atoms with van der Waals surface area (Å²) in [4.78, 5) is 32.0. The van der Waals surface area contributed by atoms with Crippen LogP contribution in [0.15, 0.2) is 85.1 Å². The number of rotatable bonds is 11. The standard InChI is InChI=1S/C26H30N4O4S/c1-21(26(32)28-17-24-15-9-10-16-27-24)30(19-23-13-7-4-8-14-23)25(31)20-29(35(2,33)34)18-22-11-5-3-6-12-22/h3-16,21H,17-20H2,1-2H3,(H,28,32). The van der Waals surface area contributed by atoms with E-state index in [0.717, 1.165) is 21.7 Å². The Hall–Kier alpha value is -3.56. The van der Waals surface area contributed by atoms with E-state index in [1.54, 1.807) is 37.4 Å². The molecule has 1 N–H and O–H groups in total. The molecule has 1 unspecified atom stereocenters. The topological polar surface area (TPSA) is 99.7 Å². The van der Waals surface area contributed by atoms with E-state index in [1.165, 1.54) is 4.90 Å². The molecule has 1 heterocycles. The minimum Gasteiger partial charge on any atom is -0.349 e. The van der Waals surface area contributed by atoms with Crippen molar-refractivity contribution in [3.8, 4) is 0 Å². The molecule has 0 bridgehead atoms. The maximum Gasteiger partial charge on any atom is 0.242 e. The van der Waals surface area contributed by atoms with E-state index in [9.17, 15) is 18.0 Å². The van der Waals surface area contributed by atoms with E-state index >= 15 is 0 Å². The first-order chi connectivity index (χ1) is 16.7. The van der Waals surface area contributed by atoms with Gasteiger partial charge in [-0.25, -0.2) is 8.42 Å². The van der Waals surface area contributed by atoms with Gasteiger partial charge in [0, 0.05) is 19.3 Å². The lowest BCUT2D eigenvalue weighted by atomic mass is 10.1. The second kappa shape index (κ2) is 12.2. The Morgan fingerprint density at radius 3 is 2.00 bits per heavy atom. The Morgan fingerprint density at radius 2 is 1.46 bits per heavy atom. The first-order valence-corrected chi connectivity index (χ1v) is 13.1. The molecule has 0 aliphatic rings. The van der Waals surface area contributed by atoms with Crippen molar-refractivity contribution < 1.29 is 18.0 Å². The summed E-state index contributed by atoms with van der Waals surface area (Å²) in [6.45, 7) is 1.71. The molecule has 0 aliphatic heterocycles. The Balaban J connectivity index is 1.78. The maximum absolute atomic E-state index is 13.4. The number of nitrogens with one attached hydrogen (secondary N) is 1. The lowest BCUT2D eigenvalue weighted by Crippen LogP contribution is -2.50. The summed E-state index contributed by atoms with van der Waals surface area (Å²) in [5.74, 6) is -0.815. The Bertz CT molecular complexity index is 1210. The molecular formula is C26H30N4O4S. The highest BCUT2D eigenvalue weighted by Gasteiger charge is 2.29. The van der Waals surface area contributed by atoms with Crippen LogP contribution in [0, 0.1) is 0 Å². The van der Waals surface area contributed by atoms with Crippen molar-refractivity contribution in [1.29, 1.82) is 0 Å². The molecule has 0 saturated carbocycles. The summed E-state index contributed by atoms with van der Waals surface area (Å²) >= 11 is 0. The molecule has 0 spiro atoms. The number of carbonyl (C=O) groups is 2. The van der Waals surface area contributed by atoms with Crippen LogP contribution in [-0.4, -0.2) is 53.3 Å². The highest BCUT2D eigenvalue weighted by atomic mass is 32.2. The van der Waals surface area contributed by atoms with E-state index in [2.05, 4.69) is 10.3 Å². The second-order valence-corrected chi connectivity index (χ2v) is 10.2. The van der Waals surface area contributed by atoms with Crippen LogP contribution >= 0.6 is 0 Å². The third-order valence-electron chi connectivity index (χ3n) is 5.52. The number of hydrogen-bond donors (Lipinski definition) is 1. The number of carbonyl (C=O) groups excluding carboxylic acids is 2. The molecule has 3 rings (SSSR count). The molecular weight excluding hydrogens is 464 g/mol. The molecule has 0 fully saturated rings. The number of sulfonamides is 1. The molecule has 1 atom stereocenters. The third-order valence-corrected chi connectivity index (χ3v) is 6.71. The number of amides is 2. The maximum atomic E-state index is 13.4. The number of pyridine rings is 1. The molecule has 184 valence electrons. The van der Waals surface area contributed by atoms with E-state index in [1.807, 2.05) is 54.6 Å². The van der Waals surface area contributed by atoms with Crippen molar-refractivity contribution in [2.45, 2.75) is 32.6 Å². The van der Waals surface area contributed by atoms with Crippen molar-refractivity contribution in [3.05, 3.63) is 102 Å². The van der Waals surface area contributed by atoms with Gasteiger partial charge in [0.2, 0.25) is 21.8 Å². The summed E-state index contributed by atoms with van der Waals surface area (Å²) < 4.78 is 26.1. The number of benzene rings is 2. The van der Waals surface area contributed by atoms with E-state index in [0.29, 0.717) is 5.69 Å². The van der Waals surface area contributed by atoms with Crippen LogP contribution in [0.4, 0.5) is 0 Å². The van der Waals surface area contributed by atoms with Gasteiger partial charge >= 0.3 is 0 Å². The lowest BCUT2D eigenvalue weighted by molar-refractivity contribution is -0.140. The highest BCUT2D eigenvalue weighted by Crippen LogP contribution is 2.14. The number of hydrogen-bond acceptors (Lipinski definition) is 5. The van der Waals surface area contributed by atoms with Crippen LogP contribution in [0.1, 0.15) is 23.7 Å². The minimum atomic E-state index is -3.68. The Kier molecular flexibility index (Phi) is 9.11. The van der Waals surface area contributed by atoms with Crippen LogP contribution in [0.3, 0.4) is 0 Å². The van der Waals surface area contributed by atoms with Crippen LogP contribution in [0.25, 0.3) is 0 Å². The van der Waals surface area contributed by atoms with Crippen molar-refractivity contribution in [2.75, 3.05) is 12.8 Å². The molecule has 0 radical (unpaired) electrons. The molecule has 0 saturated heterocycles. The molecule has 8 nitrogen and oxygen atoms in total. The predicted octanol–water partition coefficient (Wildman–Crippen LogP) is 2.58. The smallest absolute Gasteiger partial charge is 0.242 e. The molecule has 1 aromatic heterocycles. The van der Waals surface area contributed by atoms with Crippen LogP contribution < -0.4 is 5.32 Å². The summed E-state index contributed by atoms with van der Waals surface area (Å²) in [5.41, 5.74) is 2.29. The number of nitrogens with zero attached hydrogens (tertiary/aromatic N) is 3. The van der Waals surface area contributed by atoms with Gasteiger partial charge in [-0.3, -0.25) is 14.6 Å². The van der Waals surface area contributed by atoms with Gasteiger partial charge in [0.15, 0.2) is 0 Å². The monoisotopic (exact) mass is 494 g/mol. The van der Waals surface area contributed by atoms with Crippen molar-refractivity contribution in [1.82, 2.24) is 19.5 Å². The van der Waals surface area contributed by atoms with Gasteiger partial charge in [-0.1, -0.05) is 66.7 Å². The normalized spacial score (nSPS) is 12.2. The zero-order valence-electron chi connectivity index (χ0n) is 19.9. The van der Waals surface area contributed by atoms with Crippen LogP contribution in [-0.2, 0) is 39.2 Å². The summed E-state index contributed by atoms with van der Waals surface area (Å²) in [7, 11) is -3.68. The van der Waals surface area contributed by atoms with Gasteiger partial charge in [0.1, 0.15) is 6.04 Å². The largest absolute Gasteiger partial charge is 0.349 e. The molecule has 0 aliphatic carbocycles. The highest BCUT2D eigenvalue weighted by molar-refractivity contribution is 7.88. The fourth-order valence-corrected chi connectivity index (χ4v) is 4.24. The van der Waals surface area contributed by atoms with Gasteiger partial charge in [-0.2, -0.15) is 4.31 Å². The molecule has 2 amide bonds. The summed E-state index contributed by atoms with van der Waals surface area (Å²) in [6.07, 6.45) is 2.72. The van der Waals surface area contributed by atoms with Gasteiger partial charge < -0.3 is 10.2 Å². The average Bonchev–Trinajstić information content (AvgIpc) is 2.86. The van der Waals surface area contributed by atoms with Crippen molar-refractivity contribution in [3.63, 3.8) is 0 Å². The molecule has 3 aromatic rings. The summed E-state index contributed by atoms with van der Waals surface area (Å²) in [6, 6.07) is 22.9. The number of aromatic nitrogens is 1. The Morgan fingerprint density at radius 1 is 0.886 bits per heavy atom. The van der Waals surface area contributed by atoms with Crippen molar-refractivity contribution in [2.24, 2.45) is 0 Å². The third kappa shape index (κ3) is 8.01. The molecule has 35 heavy (non-hydrogen) atoms. The summed E-state index contributed by atoms with van der Waals surface area (Å²) in [5, 5.41) is 2.82. The zero-order valence-corrected chi connectivity index (χ0v) is 20.7. The van der Waals surface area contributed by atoms with E-state index in [4.69, 9.17) is 0 Å². The molecule has 9 heteroatoms. The average molecular weight is 495 g/mol. The quantitative estimate of drug-likeness (QED) is 0.442. The SMILES string of the molecule is CC(C(=O)NCc1ccccn1)N(Cc1ccccc1)C(=O)CN(Cc1ccccc1)S(C)(=O)=O. The Labute approximate surface area is 206 Å². The fraction of sp³-hybridized carbons (Fsp3) is 0.269. The second-order valence-electron chi connectivity index (χ2n) is 8.24. The predicted molar refractivity (Wildman–Crippen MR) is 134 cm³/mol. The minimum absolute atomic E-state index is 0.0604. The van der Waals surface area contributed by atoms with E-state index < -0.39 is 22.0 Å². The van der Waals surface area contributed by atoms with Crippen molar-refractivity contribution >= 4 is 21.8 Å². The van der Waals surface area contributed by atoms with Crippen LogP contribution in [0.2, 0.25) is 0 Å². The van der Waals surface area contributed by atoms with E-state index in [-0.39, 0.29) is 32.1 Å². The fourth-order valence-electron chi connectivity index (χ4n) is 3.51. The first kappa shape index (κ1) is 26.1. The zero-order chi connectivity index (χ0) is 25.3. The van der Waals surface area contributed by atoms with Gasteiger partial charge in [-0.05, 0) is 30.2 Å². The molecule has 2 aromatic carbocycles. The van der Waals surface area contributed by atoms with Gasteiger partial charge in [0.25, 0.3) is 0 Å². The lowest BCUT2D eigenvalue weighted by Gasteiger charge is -2.31. The first-order valence-electron chi connectivity index (χ1n) is 11.2. The van der Waals surface area contributed by atoms with Crippen LogP contribution in [0.5, 0.6) is 0 Å².